The van der Waals surface area contributed by atoms with Gasteiger partial charge in [-0.2, -0.15) is 0 Å². The number of hydrogen-bond donors (Lipinski definition) is 3. The summed E-state index contributed by atoms with van der Waals surface area (Å²) in [5.41, 5.74) is 0.416. The van der Waals surface area contributed by atoms with Crippen LogP contribution in [0.4, 0.5) is 0 Å². The molecule has 0 unspecified atom stereocenters. The fraction of sp³-hybridized carbons (Fsp3) is 0.467. The zero-order valence-electron chi connectivity index (χ0n) is 13.0. The summed E-state index contributed by atoms with van der Waals surface area (Å²) >= 11 is 5.97. The van der Waals surface area contributed by atoms with E-state index in [0.29, 0.717) is 29.6 Å². The van der Waals surface area contributed by atoms with Crippen molar-refractivity contribution in [3.8, 4) is 0 Å². The van der Waals surface area contributed by atoms with Gasteiger partial charge in [-0.15, -0.1) is 0 Å². The van der Waals surface area contributed by atoms with E-state index in [0.717, 1.165) is 0 Å². The van der Waals surface area contributed by atoms with E-state index < -0.39 is 0 Å². The van der Waals surface area contributed by atoms with Crippen LogP contribution >= 0.6 is 11.6 Å². The van der Waals surface area contributed by atoms with Crippen molar-refractivity contribution in [3.05, 3.63) is 34.9 Å². The number of guanidine groups is 1. The van der Waals surface area contributed by atoms with Crippen molar-refractivity contribution < 1.29 is 4.79 Å². The summed E-state index contributed by atoms with van der Waals surface area (Å²) in [5, 5.41) is 9.64. The second-order valence-electron chi connectivity index (χ2n) is 5.61. The Morgan fingerprint density at radius 2 is 1.81 bits per heavy atom. The zero-order chi connectivity index (χ0) is 15.9. The lowest BCUT2D eigenvalue weighted by Crippen LogP contribution is -2.49. The molecule has 0 spiro atoms. The highest BCUT2D eigenvalue weighted by Gasteiger charge is 2.12. The van der Waals surface area contributed by atoms with E-state index >= 15 is 0 Å². The first-order valence-corrected chi connectivity index (χ1v) is 7.23. The van der Waals surface area contributed by atoms with Gasteiger partial charge < -0.3 is 16.0 Å². The lowest BCUT2D eigenvalue weighted by atomic mass is 10.1. The van der Waals surface area contributed by atoms with Crippen molar-refractivity contribution in [1.29, 1.82) is 0 Å². The Bertz CT molecular complexity index is 509. The highest BCUT2D eigenvalue weighted by Crippen LogP contribution is 2.14. The molecule has 0 fully saturated rings. The number of benzene rings is 1. The minimum atomic E-state index is -0.179. The minimum absolute atomic E-state index is 0.0668. The maximum Gasteiger partial charge on any atom is 0.252 e. The summed E-state index contributed by atoms with van der Waals surface area (Å²) < 4.78 is 0. The molecule has 0 atom stereocenters. The molecule has 5 nitrogen and oxygen atoms in total. The van der Waals surface area contributed by atoms with E-state index in [-0.39, 0.29) is 11.4 Å². The summed E-state index contributed by atoms with van der Waals surface area (Å²) in [6.07, 6.45) is 0. The molecule has 0 aliphatic heterocycles. The lowest BCUT2D eigenvalue weighted by molar-refractivity contribution is 0.0954. The molecule has 1 amide bonds. The molecule has 1 aromatic carbocycles. The van der Waals surface area contributed by atoms with Crippen LogP contribution in [-0.2, 0) is 0 Å². The van der Waals surface area contributed by atoms with Gasteiger partial charge in [-0.1, -0.05) is 23.7 Å². The molecule has 1 rings (SSSR count). The Morgan fingerprint density at radius 1 is 1.19 bits per heavy atom. The van der Waals surface area contributed by atoms with Crippen LogP contribution in [0.5, 0.6) is 0 Å². The Labute approximate surface area is 131 Å². The van der Waals surface area contributed by atoms with Gasteiger partial charge in [0.2, 0.25) is 0 Å². The summed E-state index contributed by atoms with van der Waals surface area (Å²) in [6.45, 7) is 7.22. The summed E-state index contributed by atoms with van der Waals surface area (Å²) in [7, 11) is 1.71. The van der Waals surface area contributed by atoms with Crippen molar-refractivity contribution in [1.82, 2.24) is 16.0 Å². The van der Waals surface area contributed by atoms with Crippen LogP contribution in [0.1, 0.15) is 31.1 Å². The van der Waals surface area contributed by atoms with Crippen LogP contribution in [-0.4, -0.2) is 37.5 Å². The molecular weight excluding hydrogens is 288 g/mol. The normalized spacial score (nSPS) is 12.0. The Morgan fingerprint density at radius 3 is 2.38 bits per heavy atom. The monoisotopic (exact) mass is 310 g/mol. The molecular formula is C15H23ClN4O. The van der Waals surface area contributed by atoms with E-state index in [9.17, 15) is 4.79 Å². The first-order chi connectivity index (χ1) is 9.83. The predicted molar refractivity (Wildman–Crippen MR) is 88.0 cm³/mol. The molecule has 0 radical (unpaired) electrons. The molecule has 0 saturated heterocycles. The van der Waals surface area contributed by atoms with Gasteiger partial charge in [-0.05, 0) is 32.9 Å². The quantitative estimate of drug-likeness (QED) is 0.453. The van der Waals surface area contributed by atoms with Gasteiger partial charge in [-0.25, -0.2) is 0 Å². The summed E-state index contributed by atoms with van der Waals surface area (Å²) in [5.74, 6) is 0.524. The van der Waals surface area contributed by atoms with Gasteiger partial charge in [0.25, 0.3) is 5.91 Å². The molecule has 1 aromatic rings. The third-order valence-corrected chi connectivity index (χ3v) is 2.87. The van der Waals surface area contributed by atoms with E-state index in [1.54, 1.807) is 31.3 Å². The molecule has 0 bridgehead atoms. The summed E-state index contributed by atoms with van der Waals surface area (Å²) in [6, 6.07) is 6.98. The molecule has 116 valence electrons. The van der Waals surface area contributed by atoms with Crippen LogP contribution in [0, 0.1) is 0 Å². The first kappa shape index (κ1) is 17.3. The standard InChI is InChI=1S/C15H23ClN4O/c1-15(2,3)20-14(17-4)19-10-9-18-13(21)11-7-5-6-8-12(11)16/h5-8H,9-10H2,1-4H3,(H,18,21)(H2,17,19,20). The molecule has 0 aliphatic rings. The number of amides is 1. The molecule has 3 N–H and O–H groups in total. The number of nitrogens with zero attached hydrogens (tertiary/aromatic N) is 1. The fourth-order valence-corrected chi connectivity index (χ4v) is 1.85. The van der Waals surface area contributed by atoms with Crippen LogP contribution in [0.3, 0.4) is 0 Å². The first-order valence-electron chi connectivity index (χ1n) is 6.85. The van der Waals surface area contributed by atoms with Crippen molar-refractivity contribution in [2.24, 2.45) is 4.99 Å². The smallest absolute Gasteiger partial charge is 0.252 e. The molecule has 0 heterocycles. The topological polar surface area (TPSA) is 65.5 Å². The second kappa shape index (κ2) is 7.88. The van der Waals surface area contributed by atoms with Gasteiger partial charge in [0.15, 0.2) is 5.96 Å². The number of rotatable bonds is 4. The summed E-state index contributed by atoms with van der Waals surface area (Å²) in [4.78, 5) is 16.1. The predicted octanol–water partition coefficient (Wildman–Crippen LogP) is 2.03. The minimum Gasteiger partial charge on any atom is -0.355 e. The Balaban J connectivity index is 2.37. The number of halogens is 1. The zero-order valence-corrected chi connectivity index (χ0v) is 13.7. The van der Waals surface area contributed by atoms with Gasteiger partial charge in [-0.3, -0.25) is 9.79 Å². The SMILES string of the molecule is CN=C(NCCNC(=O)c1ccccc1Cl)NC(C)(C)C. The molecule has 21 heavy (non-hydrogen) atoms. The van der Waals surface area contributed by atoms with Gasteiger partial charge >= 0.3 is 0 Å². The number of hydrogen-bond acceptors (Lipinski definition) is 2. The Kier molecular flexibility index (Phi) is 6.49. The van der Waals surface area contributed by atoms with Crippen LogP contribution in [0.15, 0.2) is 29.3 Å². The highest BCUT2D eigenvalue weighted by molar-refractivity contribution is 6.33. The van der Waals surface area contributed by atoms with E-state index in [4.69, 9.17) is 11.6 Å². The van der Waals surface area contributed by atoms with E-state index in [1.165, 1.54) is 0 Å². The molecule has 0 aliphatic carbocycles. The maximum atomic E-state index is 11.9. The van der Waals surface area contributed by atoms with Crippen molar-refractivity contribution >= 4 is 23.5 Å². The lowest BCUT2D eigenvalue weighted by Gasteiger charge is -2.23. The maximum absolute atomic E-state index is 11.9. The number of aliphatic imine (C=N–C) groups is 1. The van der Waals surface area contributed by atoms with Gasteiger partial charge in [0.1, 0.15) is 0 Å². The largest absolute Gasteiger partial charge is 0.355 e. The second-order valence-corrected chi connectivity index (χ2v) is 6.02. The van der Waals surface area contributed by atoms with Crippen molar-refractivity contribution in [3.63, 3.8) is 0 Å². The average Bonchev–Trinajstić information content (AvgIpc) is 2.41. The third-order valence-electron chi connectivity index (χ3n) is 2.54. The Hall–Kier alpha value is -1.75. The van der Waals surface area contributed by atoms with E-state index in [2.05, 4.69) is 41.7 Å². The highest BCUT2D eigenvalue weighted by atomic mass is 35.5. The third kappa shape index (κ3) is 6.49. The van der Waals surface area contributed by atoms with Crippen LogP contribution in [0.25, 0.3) is 0 Å². The number of carbonyl (C=O) groups excluding carboxylic acids is 1. The molecule has 0 aromatic heterocycles. The van der Waals surface area contributed by atoms with Crippen molar-refractivity contribution in [2.45, 2.75) is 26.3 Å². The van der Waals surface area contributed by atoms with Crippen LogP contribution in [0.2, 0.25) is 5.02 Å². The van der Waals surface area contributed by atoms with Crippen molar-refractivity contribution in [2.75, 3.05) is 20.1 Å². The van der Waals surface area contributed by atoms with Gasteiger partial charge in [0, 0.05) is 25.7 Å². The number of nitrogens with one attached hydrogen (secondary N) is 3. The number of carbonyl (C=O) groups is 1. The van der Waals surface area contributed by atoms with Gasteiger partial charge in [0.05, 0.1) is 10.6 Å². The molecule has 0 saturated carbocycles. The van der Waals surface area contributed by atoms with Crippen LogP contribution < -0.4 is 16.0 Å². The molecule has 6 heteroatoms. The average molecular weight is 311 g/mol. The van der Waals surface area contributed by atoms with E-state index in [1.807, 2.05) is 0 Å². The fourth-order valence-electron chi connectivity index (χ4n) is 1.63.